The van der Waals surface area contributed by atoms with Gasteiger partial charge in [-0.3, -0.25) is 10.1 Å². The van der Waals surface area contributed by atoms with E-state index in [4.69, 9.17) is 18.9 Å². The Kier molecular flexibility index (Phi) is 6.32. The zero-order valence-electron chi connectivity index (χ0n) is 16.3. The molecule has 1 aromatic rings. The Labute approximate surface area is 165 Å². The van der Waals surface area contributed by atoms with Gasteiger partial charge in [0.15, 0.2) is 0 Å². The third kappa shape index (κ3) is 3.56. The topological polar surface area (TPSA) is 144 Å². The molecule has 156 valence electrons. The number of aliphatic imine (C=N–C) groups is 1. The third-order valence-corrected chi connectivity index (χ3v) is 4.19. The molecule has 11 nitrogen and oxygen atoms in total. The summed E-state index contributed by atoms with van der Waals surface area (Å²) in [6, 6.07) is 4.70. The van der Waals surface area contributed by atoms with E-state index in [0.717, 1.165) is 19.2 Å². The highest BCUT2D eigenvalue weighted by Crippen LogP contribution is 2.42. The van der Waals surface area contributed by atoms with Gasteiger partial charge < -0.3 is 18.9 Å². The lowest BCUT2D eigenvalue weighted by Crippen LogP contribution is -2.56. The van der Waals surface area contributed by atoms with Crippen LogP contribution < -0.4 is 0 Å². The molecule has 1 aliphatic rings. The van der Waals surface area contributed by atoms with Crippen LogP contribution in [0.3, 0.4) is 0 Å². The first-order valence-corrected chi connectivity index (χ1v) is 8.64. The quantitative estimate of drug-likeness (QED) is 0.214. The van der Waals surface area contributed by atoms with Gasteiger partial charge >= 0.3 is 23.5 Å². The Hall–Kier alpha value is -3.34. The number of carbonyl (C=O) groups excluding carboxylic acids is 3. The third-order valence-electron chi connectivity index (χ3n) is 4.19. The number of hydrogen-bond acceptors (Lipinski definition) is 10. The first-order chi connectivity index (χ1) is 13.7. The van der Waals surface area contributed by atoms with Crippen LogP contribution in [0.1, 0.15) is 26.3 Å². The molecule has 2 rings (SSSR count). The van der Waals surface area contributed by atoms with E-state index >= 15 is 0 Å². The van der Waals surface area contributed by atoms with Gasteiger partial charge in [-0.1, -0.05) is 0 Å². The number of ether oxygens (including phenoxy) is 4. The smallest absolute Gasteiger partial charge is 0.366 e. The van der Waals surface area contributed by atoms with Crippen LogP contribution in [0.15, 0.2) is 29.3 Å². The van der Waals surface area contributed by atoms with Gasteiger partial charge in [0.25, 0.3) is 11.4 Å². The average molecular weight is 408 g/mol. The molecule has 0 bridgehead atoms. The second kappa shape index (κ2) is 8.35. The fraction of sp³-hybridized carbons (Fsp3) is 0.444. The normalized spacial score (nSPS) is 19.8. The van der Waals surface area contributed by atoms with E-state index in [1.165, 1.54) is 32.9 Å². The molecule has 0 spiro atoms. The second-order valence-corrected chi connectivity index (χ2v) is 5.86. The lowest BCUT2D eigenvalue weighted by Gasteiger charge is -2.29. The molecule has 0 aromatic heterocycles. The number of nitro benzene ring substituents is 1. The maximum Gasteiger partial charge on any atom is 0.366 e. The maximum atomic E-state index is 12.7. The number of non-ortho nitro benzene ring substituents is 1. The molecule has 0 saturated heterocycles. The monoisotopic (exact) mass is 408 g/mol. The van der Waals surface area contributed by atoms with Crippen LogP contribution in [0.25, 0.3) is 0 Å². The van der Waals surface area contributed by atoms with E-state index in [2.05, 4.69) is 4.99 Å². The summed E-state index contributed by atoms with van der Waals surface area (Å²) in [5, 5.41) is 10.9. The summed E-state index contributed by atoms with van der Waals surface area (Å²) in [7, 11) is 1.07. The number of carbonyl (C=O) groups is 3. The van der Waals surface area contributed by atoms with Crippen molar-refractivity contribution in [2.75, 3.05) is 20.3 Å². The molecule has 1 atom stereocenters. The Morgan fingerprint density at radius 3 is 2.00 bits per heavy atom. The van der Waals surface area contributed by atoms with E-state index in [1.807, 2.05) is 0 Å². The molecule has 11 heteroatoms. The molecule has 1 aromatic carbocycles. The predicted molar refractivity (Wildman–Crippen MR) is 97.0 cm³/mol. The molecule has 1 aliphatic heterocycles. The van der Waals surface area contributed by atoms with Crippen LogP contribution in [0.5, 0.6) is 0 Å². The van der Waals surface area contributed by atoms with Crippen LogP contribution in [0.2, 0.25) is 0 Å². The van der Waals surface area contributed by atoms with Crippen LogP contribution in [0.4, 0.5) is 5.69 Å². The lowest BCUT2D eigenvalue weighted by molar-refractivity contribution is -0.384. The zero-order chi connectivity index (χ0) is 21.8. The number of rotatable bonds is 7. The highest BCUT2D eigenvalue weighted by molar-refractivity contribution is 6.27. The predicted octanol–water partition coefficient (Wildman–Crippen LogP) is 1.28. The van der Waals surface area contributed by atoms with Gasteiger partial charge in [-0.2, -0.15) is 0 Å². The maximum absolute atomic E-state index is 12.7. The first kappa shape index (κ1) is 22.0. The molecular formula is C18H20N2O9. The van der Waals surface area contributed by atoms with Crippen molar-refractivity contribution in [3.63, 3.8) is 0 Å². The van der Waals surface area contributed by atoms with Gasteiger partial charge in [-0.05, 0) is 32.9 Å². The van der Waals surface area contributed by atoms with Crippen molar-refractivity contribution in [2.24, 2.45) is 4.99 Å². The Balaban J connectivity index is 2.66. The molecule has 0 radical (unpaired) electrons. The molecule has 0 saturated carbocycles. The number of hydrogen-bond donors (Lipinski definition) is 0. The van der Waals surface area contributed by atoms with E-state index in [1.54, 1.807) is 0 Å². The molecule has 0 N–H and O–H groups in total. The molecule has 29 heavy (non-hydrogen) atoms. The van der Waals surface area contributed by atoms with Gasteiger partial charge in [0, 0.05) is 17.7 Å². The first-order valence-electron chi connectivity index (χ1n) is 8.64. The van der Waals surface area contributed by atoms with Gasteiger partial charge in [-0.15, -0.1) is 0 Å². The van der Waals surface area contributed by atoms with Crippen molar-refractivity contribution in [1.82, 2.24) is 0 Å². The zero-order valence-corrected chi connectivity index (χ0v) is 16.3. The molecule has 1 unspecified atom stereocenters. The van der Waals surface area contributed by atoms with Gasteiger partial charge in [0.1, 0.15) is 0 Å². The van der Waals surface area contributed by atoms with Crippen molar-refractivity contribution < 1.29 is 38.3 Å². The average Bonchev–Trinajstić information content (AvgIpc) is 3.03. The van der Waals surface area contributed by atoms with Crippen molar-refractivity contribution in [1.29, 1.82) is 0 Å². The van der Waals surface area contributed by atoms with Crippen LogP contribution in [-0.4, -0.2) is 54.5 Å². The van der Waals surface area contributed by atoms with Crippen LogP contribution >= 0.6 is 0 Å². The second-order valence-electron chi connectivity index (χ2n) is 5.86. The summed E-state index contributed by atoms with van der Waals surface area (Å²) in [4.78, 5) is 52.5. The summed E-state index contributed by atoms with van der Waals surface area (Å²) < 4.78 is 20.4. The SMILES string of the molecule is CCOC(=O)C1(C(=O)OCC)OC(C(=O)OC)(c2ccc([N+](=O)[O-])cc2)N=C1C. The van der Waals surface area contributed by atoms with Crippen LogP contribution in [-0.2, 0) is 39.1 Å². The van der Waals surface area contributed by atoms with Crippen molar-refractivity contribution >= 4 is 29.3 Å². The number of methoxy groups -OCH3 is 1. The minimum absolute atomic E-state index is 0.0183. The summed E-state index contributed by atoms with van der Waals surface area (Å²) in [6.45, 7) is 4.23. The highest BCUT2D eigenvalue weighted by Gasteiger charge is 2.66. The standard InChI is InChI=1S/C18H20N2O9/c1-5-27-14(21)17(15(22)28-6-2)11(3)19-18(29-17,16(23)26-4)12-7-9-13(10-8-12)20(24)25/h7-10H,5-6H2,1-4H3. The Morgan fingerprint density at radius 1 is 1.07 bits per heavy atom. The van der Waals surface area contributed by atoms with Crippen LogP contribution in [0, 0.1) is 10.1 Å². The van der Waals surface area contributed by atoms with Crippen molar-refractivity contribution in [3.05, 3.63) is 39.9 Å². The molecule has 0 fully saturated rings. The molecular weight excluding hydrogens is 388 g/mol. The Morgan fingerprint density at radius 2 is 1.59 bits per heavy atom. The highest BCUT2D eigenvalue weighted by atomic mass is 16.7. The number of nitrogens with zero attached hydrogens (tertiary/aromatic N) is 2. The number of nitro groups is 1. The van der Waals surface area contributed by atoms with Gasteiger partial charge in [-0.25, -0.2) is 19.4 Å². The summed E-state index contributed by atoms with van der Waals surface area (Å²) in [5.74, 6) is -3.25. The van der Waals surface area contributed by atoms with Crippen molar-refractivity contribution in [2.45, 2.75) is 32.1 Å². The van der Waals surface area contributed by atoms with E-state index < -0.39 is 34.2 Å². The number of esters is 3. The van der Waals surface area contributed by atoms with E-state index in [9.17, 15) is 24.5 Å². The molecule has 0 amide bonds. The van der Waals surface area contributed by atoms with E-state index in [-0.39, 0.29) is 30.2 Å². The lowest BCUT2D eigenvalue weighted by atomic mass is 9.99. The number of benzene rings is 1. The van der Waals surface area contributed by atoms with E-state index in [0.29, 0.717) is 0 Å². The summed E-state index contributed by atoms with van der Waals surface area (Å²) in [6.07, 6.45) is 0. The minimum Gasteiger partial charge on any atom is -0.465 e. The van der Waals surface area contributed by atoms with Gasteiger partial charge in [0.05, 0.1) is 31.0 Å². The minimum atomic E-state index is -2.43. The largest absolute Gasteiger partial charge is 0.465 e. The molecule has 1 heterocycles. The Bertz CT molecular complexity index is 845. The fourth-order valence-electron chi connectivity index (χ4n) is 2.84. The fourth-order valence-corrected chi connectivity index (χ4v) is 2.84. The summed E-state index contributed by atoms with van der Waals surface area (Å²) >= 11 is 0. The van der Waals surface area contributed by atoms with Gasteiger partial charge in [0.2, 0.25) is 0 Å². The van der Waals surface area contributed by atoms with Crippen molar-refractivity contribution in [3.8, 4) is 0 Å². The molecule has 0 aliphatic carbocycles. The summed E-state index contributed by atoms with van der Waals surface area (Å²) in [5.41, 5.74) is -5.09.